The van der Waals surface area contributed by atoms with E-state index in [-0.39, 0.29) is 5.78 Å². The van der Waals surface area contributed by atoms with Gasteiger partial charge in [0.25, 0.3) is 0 Å². The number of rotatable bonds is 6. The zero-order valence-corrected chi connectivity index (χ0v) is 13.6. The summed E-state index contributed by atoms with van der Waals surface area (Å²) >= 11 is 1.51. The van der Waals surface area contributed by atoms with Crippen LogP contribution in [-0.2, 0) is 6.54 Å². The number of carbonyl (C=O) groups is 1. The van der Waals surface area contributed by atoms with E-state index in [1.54, 1.807) is 6.20 Å². The Kier molecular flexibility index (Phi) is 4.34. The summed E-state index contributed by atoms with van der Waals surface area (Å²) in [5.41, 5.74) is 2.75. The zero-order chi connectivity index (χ0) is 15.5. The molecule has 0 aliphatic rings. The number of aromatic amines is 1. The van der Waals surface area contributed by atoms with Gasteiger partial charge in [0.05, 0.1) is 5.75 Å². The van der Waals surface area contributed by atoms with Gasteiger partial charge in [-0.15, -0.1) is 0 Å². The number of benzene rings is 1. The second-order valence-corrected chi connectivity index (χ2v) is 6.23. The topological polar surface area (TPSA) is 50.7 Å². The van der Waals surface area contributed by atoms with Gasteiger partial charge in [-0.2, -0.15) is 0 Å². The van der Waals surface area contributed by atoms with Crippen LogP contribution in [-0.4, -0.2) is 26.1 Å². The predicted octanol–water partition coefficient (Wildman–Crippen LogP) is 4.06. The first-order chi connectivity index (χ1) is 10.7. The lowest BCUT2D eigenvalue weighted by molar-refractivity contribution is 0.102. The fourth-order valence-electron chi connectivity index (χ4n) is 2.68. The molecule has 0 fully saturated rings. The van der Waals surface area contributed by atoms with Gasteiger partial charge >= 0.3 is 0 Å². The molecule has 4 nitrogen and oxygen atoms in total. The average Bonchev–Trinajstić information content (AvgIpc) is 3.08. The van der Waals surface area contributed by atoms with Crippen molar-refractivity contribution in [1.82, 2.24) is 14.5 Å². The molecule has 0 spiro atoms. The molecule has 2 heterocycles. The monoisotopic (exact) mass is 313 g/mol. The minimum atomic E-state index is 0.144. The van der Waals surface area contributed by atoms with Gasteiger partial charge in [-0.1, -0.05) is 36.9 Å². The summed E-state index contributed by atoms with van der Waals surface area (Å²) in [4.78, 5) is 20.2. The SMILES string of the molecule is CCCn1ccnc1SCC(=O)c1c(C)[nH]c2ccccc12. The molecule has 3 aromatic rings. The molecule has 3 rings (SSSR count). The van der Waals surface area contributed by atoms with Crippen molar-refractivity contribution in [3.05, 3.63) is 47.9 Å². The number of H-pyrrole nitrogens is 1. The molecule has 0 atom stereocenters. The number of ketones is 1. The van der Waals surface area contributed by atoms with Crippen molar-refractivity contribution < 1.29 is 4.79 Å². The van der Waals surface area contributed by atoms with Crippen LogP contribution in [0.2, 0.25) is 0 Å². The first kappa shape index (κ1) is 14.9. The van der Waals surface area contributed by atoms with Crippen molar-refractivity contribution in [2.24, 2.45) is 0 Å². The summed E-state index contributed by atoms with van der Waals surface area (Å²) in [6.45, 7) is 5.02. The number of carbonyl (C=O) groups excluding carboxylic acids is 1. The van der Waals surface area contributed by atoms with E-state index in [0.29, 0.717) is 5.75 Å². The van der Waals surface area contributed by atoms with Crippen molar-refractivity contribution in [3.8, 4) is 0 Å². The van der Waals surface area contributed by atoms with Gasteiger partial charge in [0, 0.05) is 41.1 Å². The fraction of sp³-hybridized carbons (Fsp3) is 0.294. The lowest BCUT2D eigenvalue weighted by Crippen LogP contribution is -2.05. The summed E-state index contributed by atoms with van der Waals surface area (Å²) in [5, 5.41) is 1.91. The average molecular weight is 313 g/mol. The number of hydrogen-bond donors (Lipinski definition) is 1. The Hall–Kier alpha value is -2.01. The number of nitrogens with one attached hydrogen (secondary N) is 1. The Labute approximate surface area is 133 Å². The summed E-state index contributed by atoms with van der Waals surface area (Å²) in [6, 6.07) is 7.94. The lowest BCUT2D eigenvalue weighted by atomic mass is 10.1. The van der Waals surface area contributed by atoms with E-state index in [4.69, 9.17) is 0 Å². The lowest BCUT2D eigenvalue weighted by Gasteiger charge is -2.05. The number of Topliss-reactive ketones (excluding diaryl/α,β-unsaturated/α-hetero) is 1. The molecule has 0 saturated heterocycles. The molecule has 0 bridgehead atoms. The van der Waals surface area contributed by atoms with Crippen molar-refractivity contribution in [1.29, 1.82) is 0 Å². The maximum atomic E-state index is 12.6. The molecule has 0 radical (unpaired) electrons. The molecule has 22 heavy (non-hydrogen) atoms. The van der Waals surface area contributed by atoms with Crippen LogP contribution >= 0.6 is 11.8 Å². The van der Waals surface area contributed by atoms with Crippen molar-refractivity contribution in [2.45, 2.75) is 32.0 Å². The van der Waals surface area contributed by atoms with E-state index < -0.39 is 0 Å². The van der Waals surface area contributed by atoms with Gasteiger partial charge in [0.2, 0.25) is 0 Å². The highest BCUT2D eigenvalue weighted by atomic mass is 32.2. The van der Waals surface area contributed by atoms with Crippen LogP contribution in [0.25, 0.3) is 10.9 Å². The molecule has 114 valence electrons. The number of nitrogens with zero attached hydrogens (tertiary/aromatic N) is 2. The Morgan fingerprint density at radius 3 is 3.00 bits per heavy atom. The van der Waals surface area contributed by atoms with E-state index in [1.807, 2.05) is 37.4 Å². The van der Waals surface area contributed by atoms with E-state index in [9.17, 15) is 4.79 Å². The van der Waals surface area contributed by atoms with E-state index >= 15 is 0 Å². The standard InChI is InChI=1S/C17H19N3OS/c1-3-9-20-10-8-18-17(20)22-11-15(21)16-12(2)19-14-7-5-4-6-13(14)16/h4-8,10,19H,3,9,11H2,1-2H3. The first-order valence-corrected chi connectivity index (χ1v) is 8.43. The summed E-state index contributed by atoms with van der Waals surface area (Å²) in [6.07, 6.45) is 4.81. The van der Waals surface area contributed by atoms with E-state index in [1.165, 1.54) is 11.8 Å². The van der Waals surface area contributed by atoms with Crippen molar-refractivity contribution in [2.75, 3.05) is 5.75 Å². The van der Waals surface area contributed by atoms with Crippen LogP contribution in [0.4, 0.5) is 0 Å². The smallest absolute Gasteiger partial charge is 0.175 e. The fourth-order valence-corrected chi connectivity index (χ4v) is 3.54. The van der Waals surface area contributed by atoms with Crippen LogP contribution in [0.3, 0.4) is 0 Å². The molecular formula is C17H19N3OS. The Morgan fingerprint density at radius 2 is 2.18 bits per heavy atom. The maximum Gasteiger partial charge on any atom is 0.175 e. The highest BCUT2D eigenvalue weighted by Gasteiger charge is 2.16. The van der Waals surface area contributed by atoms with Crippen molar-refractivity contribution in [3.63, 3.8) is 0 Å². The number of para-hydroxylation sites is 1. The molecular weight excluding hydrogens is 294 g/mol. The number of aryl methyl sites for hydroxylation is 2. The molecule has 1 aromatic carbocycles. The quantitative estimate of drug-likeness (QED) is 0.551. The minimum Gasteiger partial charge on any atom is -0.358 e. The number of hydrogen-bond acceptors (Lipinski definition) is 3. The van der Waals surface area contributed by atoms with Crippen LogP contribution < -0.4 is 0 Å². The molecule has 0 aliphatic heterocycles. The Morgan fingerprint density at radius 1 is 1.36 bits per heavy atom. The largest absolute Gasteiger partial charge is 0.358 e. The zero-order valence-electron chi connectivity index (χ0n) is 12.8. The molecule has 5 heteroatoms. The van der Waals surface area contributed by atoms with Gasteiger partial charge in [-0.25, -0.2) is 4.98 Å². The summed E-state index contributed by atoms with van der Waals surface area (Å²) in [5.74, 6) is 0.551. The van der Waals surface area contributed by atoms with Crippen LogP contribution in [0.15, 0.2) is 41.8 Å². The van der Waals surface area contributed by atoms with Gasteiger partial charge in [0.1, 0.15) is 0 Å². The third-order valence-corrected chi connectivity index (χ3v) is 4.65. The second kappa shape index (κ2) is 6.40. The van der Waals surface area contributed by atoms with Gasteiger partial charge in [0.15, 0.2) is 10.9 Å². The van der Waals surface area contributed by atoms with Gasteiger partial charge in [-0.3, -0.25) is 4.79 Å². The molecule has 0 saturated carbocycles. The van der Waals surface area contributed by atoms with E-state index in [2.05, 4.69) is 21.5 Å². The van der Waals surface area contributed by atoms with Crippen LogP contribution in [0.5, 0.6) is 0 Å². The third kappa shape index (κ3) is 2.81. The number of thioether (sulfide) groups is 1. The molecule has 0 aliphatic carbocycles. The normalized spacial score (nSPS) is 11.2. The second-order valence-electron chi connectivity index (χ2n) is 5.29. The Balaban J connectivity index is 1.79. The highest BCUT2D eigenvalue weighted by molar-refractivity contribution is 7.99. The predicted molar refractivity (Wildman–Crippen MR) is 90.6 cm³/mol. The van der Waals surface area contributed by atoms with E-state index in [0.717, 1.165) is 40.3 Å². The first-order valence-electron chi connectivity index (χ1n) is 7.45. The summed E-state index contributed by atoms with van der Waals surface area (Å²) in [7, 11) is 0. The van der Waals surface area contributed by atoms with Crippen molar-refractivity contribution >= 4 is 28.4 Å². The molecule has 0 amide bonds. The maximum absolute atomic E-state index is 12.6. The highest BCUT2D eigenvalue weighted by Crippen LogP contribution is 2.25. The number of imidazole rings is 1. The summed E-state index contributed by atoms with van der Waals surface area (Å²) < 4.78 is 2.10. The molecule has 1 N–H and O–H groups in total. The van der Waals surface area contributed by atoms with Gasteiger partial charge < -0.3 is 9.55 Å². The third-order valence-electron chi connectivity index (χ3n) is 3.65. The molecule has 0 unspecified atom stereocenters. The van der Waals surface area contributed by atoms with Gasteiger partial charge in [-0.05, 0) is 19.4 Å². The minimum absolute atomic E-state index is 0.144. The number of fused-ring (bicyclic) bond motifs is 1. The molecule has 2 aromatic heterocycles. The Bertz CT molecular complexity index is 803. The van der Waals surface area contributed by atoms with Crippen LogP contribution in [0, 0.1) is 6.92 Å². The van der Waals surface area contributed by atoms with Crippen LogP contribution in [0.1, 0.15) is 29.4 Å². The number of aromatic nitrogens is 3.